The highest BCUT2D eigenvalue weighted by Gasteiger charge is 2.53. The minimum atomic E-state index is -1.02. The van der Waals surface area contributed by atoms with Crippen molar-refractivity contribution in [2.45, 2.75) is 51.7 Å². The largest absolute Gasteiger partial charge is 0.498 e. The van der Waals surface area contributed by atoms with Crippen LogP contribution in [-0.2, 0) is 15.7 Å². The van der Waals surface area contributed by atoms with Crippen LogP contribution in [0, 0.1) is 0 Å². The fraction of sp³-hybridized carbons (Fsp3) is 0.321. The first-order chi connectivity index (χ1) is 17.1. The van der Waals surface area contributed by atoms with Crippen LogP contribution in [0.1, 0.15) is 50.2 Å². The number of carboxylic acid groups (broad SMARTS) is 1. The number of rotatable bonds is 7. The molecule has 2 N–H and O–H groups in total. The minimum absolute atomic E-state index is 0.148. The van der Waals surface area contributed by atoms with Gasteiger partial charge < -0.3 is 24.1 Å². The van der Waals surface area contributed by atoms with E-state index in [-0.39, 0.29) is 5.69 Å². The molecule has 0 saturated carbocycles. The number of benzene rings is 3. The van der Waals surface area contributed by atoms with Crippen molar-refractivity contribution in [2.24, 2.45) is 0 Å². The van der Waals surface area contributed by atoms with E-state index in [9.17, 15) is 9.90 Å². The number of fused-ring (bicyclic) bond motifs is 2. The lowest BCUT2D eigenvalue weighted by Gasteiger charge is -2.32. The second-order valence-corrected chi connectivity index (χ2v) is 10.6. The van der Waals surface area contributed by atoms with Gasteiger partial charge >= 0.3 is 13.1 Å². The molecule has 0 aliphatic carbocycles. The zero-order valence-corrected chi connectivity index (χ0v) is 21.6. The Kier molecular flexibility index (Phi) is 6.27. The third kappa shape index (κ3) is 4.25. The van der Waals surface area contributed by atoms with Crippen molar-refractivity contribution in [3.8, 4) is 5.75 Å². The molecule has 0 atom stereocenters. The van der Waals surface area contributed by atoms with E-state index in [2.05, 4.69) is 17.1 Å². The number of carbonyl (C=O) groups is 1. The fourth-order valence-electron chi connectivity index (χ4n) is 4.70. The summed E-state index contributed by atoms with van der Waals surface area (Å²) in [5.74, 6) is -0.201. The van der Waals surface area contributed by atoms with E-state index >= 15 is 0 Å². The van der Waals surface area contributed by atoms with E-state index in [1.165, 1.54) is 0 Å². The number of aryl methyl sites for hydroxylation is 1. The van der Waals surface area contributed by atoms with Crippen LogP contribution in [0.15, 0.2) is 54.6 Å². The number of hydrogen-bond donors (Lipinski definition) is 2. The van der Waals surface area contributed by atoms with Gasteiger partial charge in [-0.05, 0) is 63.6 Å². The van der Waals surface area contributed by atoms with Crippen LogP contribution in [0.2, 0.25) is 5.02 Å². The first kappa shape index (κ1) is 24.7. The van der Waals surface area contributed by atoms with Crippen LogP contribution in [0.4, 0.5) is 0 Å². The first-order valence-corrected chi connectivity index (χ1v) is 12.5. The van der Waals surface area contributed by atoms with Crippen molar-refractivity contribution in [2.75, 3.05) is 6.61 Å². The summed E-state index contributed by atoms with van der Waals surface area (Å²) in [4.78, 5) is 15.3. The lowest BCUT2D eigenvalue weighted by atomic mass is 9.77. The zero-order chi connectivity index (χ0) is 25.7. The van der Waals surface area contributed by atoms with Gasteiger partial charge in [0, 0.05) is 26.8 Å². The molecule has 1 aromatic heterocycles. The van der Waals surface area contributed by atoms with Crippen molar-refractivity contribution >= 4 is 51.8 Å². The molecule has 0 bridgehead atoms. The number of aromatic nitrogens is 1. The third-order valence-electron chi connectivity index (χ3n) is 7.35. The average molecular weight is 506 g/mol. The van der Waals surface area contributed by atoms with Gasteiger partial charge in [0.1, 0.15) is 11.4 Å². The Balaban J connectivity index is 1.42. The predicted octanol–water partition coefficient (Wildman–Crippen LogP) is 5.98. The van der Waals surface area contributed by atoms with E-state index in [1.54, 1.807) is 6.07 Å². The van der Waals surface area contributed by atoms with Gasteiger partial charge in [0.15, 0.2) is 0 Å². The quantitative estimate of drug-likeness (QED) is 0.238. The summed E-state index contributed by atoms with van der Waals surface area (Å²) in [6.45, 7) is 8.34. The van der Waals surface area contributed by atoms with Gasteiger partial charge in [-0.1, -0.05) is 54.1 Å². The van der Waals surface area contributed by atoms with Crippen molar-refractivity contribution < 1.29 is 23.9 Å². The monoisotopic (exact) mass is 505 g/mol. The van der Waals surface area contributed by atoms with Gasteiger partial charge in [-0.2, -0.15) is 0 Å². The second-order valence-electron chi connectivity index (χ2n) is 10.2. The molecule has 0 radical (unpaired) electrons. The van der Waals surface area contributed by atoms with E-state index in [1.807, 2.05) is 64.1 Å². The van der Waals surface area contributed by atoms with Crippen LogP contribution < -0.4 is 10.2 Å². The van der Waals surface area contributed by atoms with Crippen molar-refractivity contribution in [3.63, 3.8) is 0 Å². The van der Waals surface area contributed by atoms with E-state index in [4.69, 9.17) is 25.6 Å². The number of aromatic carboxylic acids is 1. The second kappa shape index (κ2) is 9.14. The summed E-state index contributed by atoms with van der Waals surface area (Å²) in [7, 11) is -0.714. The standard InChI is InChI=1S/C28H29BClNO5/c1-27(2)28(3,4)36-29(35-27)23-21(30)15-14-20-19(25(26(32)33)31-24(20)23)12-8-16-34-22-13-7-10-17-9-5-6-11-18(17)22/h5-7,9-11,13-15,31H,8,12,16H2,1-4H3,(H,32,33). The number of nitrogens with one attached hydrogen (secondary N) is 1. The van der Waals surface area contributed by atoms with Gasteiger partial charge in [-0.15, -0.1) is 0 Å². The Hall–Kier alpha value is -3.00. The average Bonchev–Trinajstić information content (AvgIpc) is 3.29. The summed E-state index contributed by atoms with van der Waals surface area (Å²) in [5.41, 5.74) is 1.01. The van der Waals surface area contributed by atoms with Crippen LogP contribution in [0.25, 0.3) is 21.7 Å². The summed E-state index contributed by atoms with van der Waals surface area (Å²) < 4.78 is 18.6. The van der Waals surface area contributed by atoms with Gasteiger partial charge in [0.05, 0.1) is 17.8 Å². The number of H-pyrrole nitrogens is 1. The molecule has 4 aromatic rings. The Morgan fingerprint density at radius 3 is 2.42 bits per heavy atom. The summed E-state index contributed by atoms with van der Waals surface area (Å²) in [6.07, 6.45) is 1.17. The van der Waals surface area contributed by atoms with Crippen LogP contribution in [0.5, 0.6) is 5.75 Å². The van der Waals surface area contributed by atoms with Crippen LogP contribution in [0.3, 0.4) is 0 Å². The molecule has 0 unspecified atom stereocenters. The molecule has 1 saturated heterocycles. The number of ether oxygens (including phenoxy) is 1. The highest BCUT2D eigenvalue weighted by atomic mass is 35.5. The molecule has 36 heavy (non-hydrogen) atoms. The maximum atomic E-state index is 12.2. The maximum Gasteiger partial charge on any atom is 0.498 e. The van der Waals surface area contributed by atoms with Gasteiger partial charge in [-0.25, -0.2) is 4.79 Å². The molecule has 1 aliphatic rings. The first-order valence-electron chi connectivity index (χ1n) is 12.1. The molecule has 2 heterocycles. The SMILES string of the molecule is CC1(C)OB(c2c(Cl)ccc3c(CCCOc4cccc5ccccc45)c(C(=O)O)[nH]c23)OC1(C)C. The molecular weight excluding hydrogens is 477 g/mol. The molecule has 3 aromatic carbocycles. The number of carboxylic acids is 1. The zero-order valence-electron chi connectivity index (χ0n) is 20.9. The molecule has 0 amide bonds. The molecule has 1 aliphatic heterocycles. The fourth-order valence-corrected chi connectivity index (χ4v) is 4.95. The lowest BCUT2D eigenvalue weighted by molar-refractivity contribution is 0.00578. The number of halogens is 1. The topological polar surface area (TPSA) is 80.8 Å². The molecule has 5 rings (SSSR count). The van der Waals surface area contributed by atoms with E-state index in [0.29, 0.717) is 41.0 Å². The lowest BCUT2D eigenvalue weighted by Crippen LogP contribution is -2.41. The summed E-state index contributed by atoms with van der Waals surface area (Å²) in [6, 6.07) is 17.7. The van der Waals surface area contributed by atoms with Crippen LogP contribution in [-0.4, -0.2) is 41.0 Å². The smallest absolute Gasteiger partial charge is 0.493 e. The van der Waals surface area contributed by atoms with Crippen LogP contribution >= 0.6 is 11.6 Å². The number of hydrogen-bond acceptors (Lipinski definition) is 4. The molecule has 6 nitrogen and oxygen atoms in total. The molecule has 186 valence electrons. The Morgan fingerprint density at radius 2 is 1.69 bits per heavy atom. The highest BCUT2D eigenvalue weighted by Crippen LogP contribution is 2.38. The molecule has 1 fully saturated rings. The highest BCUT2D eigenvalue weighted by molar-refractivity contribution is 6.68. The molecular formula is C28H29BClNO5. The third-order valence-corrected chi connectivity index (χ3v) is 7.68. The Morgan fingerprint density at radius 1 is 1.00 bits per heavy atom. The Labute approximate surface area is 215 Å². The van der Waals surface area contributed by atoms with Gasteiger partial charge in [0.25, 0.3) is 0 Å². The predicted molar refractivity (Wildman–Crippen MR) is 144 cm³/mol. The minimum Gasteiger partial charge on any atom is -0.493 e. The van der Waals surface area contributed by atoms with Crippen molar-refractivity contribution in [3.05, 3.63) is 70.9 Å². The summed E-state index contributed by atoms with van der Waals surface area (Å²) >= 11 is 6.61. The van der Waals surface area contributed by atoms with Gasteiger partial charge in [-0.3, -0.25) is 0 Å². The van der Waals surface area contributed by atoms with Gasteiger partial charge in [0.2, 0.25) is 0 Å². The van der Waals surface area contributed by atoms with Crippen molar-refractivity contribution in [1.29, 1.82) is 0 Å². The summed E-state index contributed by atoms with van der Waals surface area (Å²) in [5, 5.41) is 13.4. The van der Waals surface area contributed by atoms with E-state index in [0.717, 1.165) is 21.9 Å². The maximum absolute atomic E-state index is 12.2. The normalized spacial score (nSPS) is 16.6. The van der Waals surface area contributed by atoms with Crippen molar-refractivity contribution in [1.82, 2.24) is 4.98 Å². The number of aromatic amines is 1. The van der Waals surface area contributed by atoms with E-state index < -0.39 is 24.3 Å². The molecule has 0 spiro atoms. The molecule has 8 heteroatoms. The Bertz CT molecular complexity index is 1440.